The van der Waals surface area contributed by atoms with Crippen LogP contribution in [0.5, 0.6) is 5.75 Å². The van der Waals surface area contributed by atoms with Crippen molar-refractivity contribution in [1.82, 2.24) is 0 Å². The van der Waals surface area contributed by atoms with E-state index in [-0.39, 0.29) is 12.8 Å². The van der Waals surface area contributed by atoms with Crippen molar-refractivity contribution in [1.29, 1.82) is 0 Å². The molecule has 0 aliphatic heterocycles. The van der Waals surface area contributed by atoms with Crippen molar-refractivity contribution in [2.45, 2.75) is 13.0 Å². The van der Waals surface area contributed by atoms with Crippen molar-refractivity contribution in [3.8, 4) is 5.75 Å². The van der Waals surface area contributed by atoms with Crippen LogP contribution in [0.15, 0.2) is 22.7 Å². The molecule has 0 saturated carbocycles. The summed E-state index contributed by atoms with van der Waals surface area (Å²) < 4.78 is 11.2. The van der Waals surface area contributed by atoms with E-state index >= 15 is 0 Å². The lowest BCUT2D eigenvalue weighted by atomic mass is 10.1. The van der Waals surface area contributed by atoms with Crippen LogP contribution in [0.4, 0.5) is 0 Å². The van der Waals surface area contributed by atoms with Gasteiger partial charge >= 0.3 is 0 Å². The van der Waals surface area contributed by atoms with E-state index in [1.807, 2.05) is 25.1 Å². The molecule has 0 aliphatic carbocycles. The van der Waals surface area contributed by atoms with E-state index in [1.54, 1.807) is 7.11 Å². The van der Waals surface area contributed by atoms with Crippen LogP contribution in [0.1, 0.15) is 18.5 Å². The molecule has 0 unspecified atom stereocenters. The number of methoxy groups -OCH3 is 1. The first-order chi connectivity index (χ1) is 6.65. The Hall–Kier alpha value is -0.580. The minimum atomic E-state index is -0.0562. The van der Waals surface area contributed by atoms with Gasteiger partial charge in [-0.05, 0) is 25.1 Å². The SMILES string of the molecule is COCOc1ccc(Br)cc1[C@@H](C)N. The van der Waals surface area contributed by atoms with Gasteiger partial charge in [-0.15, -0.1) is 0 Å². The van der Waals surface area contributed by atoms with Crippen molar-refractivity contribution >= 4 is 15.9 Å². The van der Waals surface area contributed by atoms with E-state index in [0.717, 1.165) is 15.8 Å². The molecule has 1 aromatic carbocycles. The molecule has 1 atom stereocenters. The molecule has 0 heterocycles. The average Bonchev–Trinajstić information content (AvgIpc) is 2.15. The molecule has 14 heavy (non-hydrogen) atoms. The lowest BCUT2D eigenvalue weighted by Gasteiger charge is -2.13. The number of benzene rings is 1. The fourth-order valence-corrected chi connectivity index (χ4v) is 1.51. The summed E-state index contributed by atoms with van der Waals surface area (Å²) >= 11 is 3.39. The maximum absolute atomic E-state index is 5.81. The van der Waals surface area contributed by atoms with E-state index in [4.69, 9.17) is 15.2 Å². The summed E-state index contributed by atoms with van der Waals surface area (Å²) in [5, 5.41) is 0. The van der Waals surface area contributed by atoms with Crippen molar-refractivity contribution < 1.29 is 9.47 Å². The Balaban J connectivity index is 2.90. The van der Waals surface area contributed by atoms with Crippen LogP contribution in [-0.4, -0.2) is 13.9 Å². The summed E-state index contributed by atoms with van der Waals surface area (Å²) in [5.41, 5.74) is 6.78. The molecule has 2 N–H and O–H groups in total. The van der Waals surface area contributed by atoms with Gasteiger partial charge in [0.25, 0.3) is 0 Å². The van der Waals surface area contributed by atoms with Crippen LogP contribution in [0.3, 0.4) is 0 Å². The Kier molecular flexibility index (Phi) is 4.38. The van der Waals surface area contributed by atoms with E-state index in [9.17, 15) is 0 Å². The molecular weight excluding hydrogens is 246 g/mol. The fourth-order valence-electron chi connectivity index (χ4n) is 1.13. The summed E-state index contributed by atoms with van der Waals surface area (Å²) in [6.45, 7) is 2.16. The molecule has 0 amide bonds. The minimum absolute atomic E-state index is 0.0562. The second kappa shape index (κ2) is 5.34. The molecule has 0 aliphatic rings. The predicted octanol–water partition coefficient (Wildman–Crippen LogP) is 2.45. The van der Waals surface area contributed by atoms with Crippen molar-refractivity contribution in [2.75, 3.05) is 13.9 Å². The highest BCUT2D eigenvalue weighted by Crippen LogP contribution is 2.27. The average molecular weight is 260 g/mol. The van der Waals surface area contributed by atoms with Gasteiger partial charge < -0.3 is 15.2 Å². The molecule has 0 fully saturated rings. The summed E-state index contributed by atoms with van der Waals surface area (Å²) in [7, 11) is 1.59. The Morgan fingerprint density at radius 2 is 2.21 bits per heavy atom. The Morgan fingerprint density at radius 1 is 1.50 bits per heavy atom. The molecule has 4 heteroatoms. The summed E-state index contributed by atoms with van der Waals surface area (Å²) in [4.78, 5) is 0. The molecule has 78 valence electrons. The smallest absolute Gasteiger partial charge is 0.188 e. The molecule has 0 saturated heterocycles. The van der Waals surface area contributed by atoms with Gasteiger partial charge in [0.15, 0.2) is 6.79 Å². The first kappa shape index (κ1) is 11.5. The molecule has 0 aromatic heterocycles. The van der Waals surface area contributed by atoms with Crippen molar-refractivity contribution in [3.63, 3.8) is 0 Å². The summed E-state index contributed by atoms with van der Waals surface area (Å²) in [6, 6.07) is 5.69. The normalized spacial score (nSPS) is 12.6. The molecule has 0 radical (unpaired) electrons. The van der Waals surface area contributed by atoms with Crippen LogP contribution in [0.25, 0.3) is 0 Å². The van der Waals surface area contributed by atoms with Crippen molar-refractivity contribution in [2.24, 2.45) is 5.73 Å². The largest absolute Gasteiger partial charge is 0.467 e. The molecule has 1 rings (SSSR count). The van der Waals surface area contributed by atoms with E-state index < -0.39 is 0 Å². The first-order valence-electron chi connectivity index (χ1n) is 4.32. The Bertz CT molecular complexity index is 302. The Morgan fingerprint density at radius 3 is 2.79 bits per heavy atom. The van der Waals surface area contributed by atoms with Gasteiger partial charge in [0.1, 0.15) is 5.75 Å². The topological polar surface area (TPSA) is 44.5 Å². The number of halogens is 1. The second-order valence-corrected chi connectivity index (χ2v) is 3.94. The summed E-state index contributed by atoms with van der Waals surface area (Å²) in [5.74, 6) is 0.769. The maximum atomic E-state index is 5.81. The van der Waals surface area contributed by atoms with Gasteiger partial charge in [-0.2, -0.15) is 0 Å². The zero-order valence-corrected chi connectivity index (χ0v) is 9.87. The van der Waals surface area contributed by atoms with Gasteiger partial charge in [0, 0.05) is 23.2 Å². The third-order valence-electron chi connectivity index (χ3n) is 1.79. The first-order valence-corrected chi connectivity index (χ1v) is 5.11. The van der Waals surface area contributed by atoms with E-state index in [2.05, 4.69) is 15.9 Å². The van der Waals surface area contributed by atoms with E-state index in [0.29, 0.717) is 0 Å². The van der Waals surface area contributed by atoms with Crippen LogP contribution >= 0.6 is 15.9 Å². The third kappa shape index (κ3) is 2.97. The zero-order valence-electron chi connectivity index (χ0n) is 8.29. The van der Waals surface area contributed by atoms with Crippen LogP contribution in [0.2, 0.25) is 0 Å². The lowest BCUT2D eigenvalue weighted by Crippen LogP contribution is -2.09. The predicted molar refractivity (Wildman–Crippen MR) is 59.2 cm³/mol. The monoisotopic (exact) mass is 259 g/mol. The van der Waals surface area contributed by atoms with Gasteiger partial charge in [-0.25, -0.2) is 0 Å². The standard InChI is InChI=1S/C10H14BrNO2/c1-7(12)9-5-8(11)3-4-10(9)14-6-13-2/h3-5,7H,6,12H2,1-2H3/t7-/m1/s1. The highest BCUT2D eigenvalue weighted by molar-refractivity contribution is 9.10. The van der Waals surface area contributed by atoms with Crippen LogP contribution in [0, 0.1) is 0 Å². The molecule has 3 nitrogen and oxygen atoms in total. The van der Waals surface area contributed by atoms with Gasteiger partial charge in [-0.1, -0.05) is 15.9 Å². The third-order valence-corrected chi connectivity index (χ3v) is 2.29. The van der Waals surface area contributed by atoms with Gasteiger partial charge in [-0.3, -0.25) is 0 Å². The fraction of sp³-hybridized carbons (Fsp3) is 0.400. The second-order valence-electron chi connectivity index (χ2n) is 3.02. The lowest BCUT2D eigenvalue weighted by molar-refractivity contribution is 0.0502. The van der Waals surface area contributed by atoms with Gasteiger partial charge in [0.05, 0.1) is 0 Å². The highest BCUT2D eigenvalue weighted by atomic mass is 79.9. The maximum Gasteiger partial charge on any atom is 0.188 e. The highest BCUT2D eigenvalue weighted by Gasteiger charge is 2.08. The molecule has 1 aromatic rings. The van der Waals surface area contributed by atoms with Crippen LogP contribution in [-0.2, 0) is 4.74 Å². The van der Waals surface area contributed by atoms with Crippen LogP contribution < -0.4 is 10.5 Å². The minimum Gasteiger partial charge on any atom is -0.467 e. The van der Waals surface area contributed by atoms with Crippen molar-refractivity contribution in [3.05, 3.63) is 28.2 Å². The number of ether oxygens (including phenoxy) is 2. The van der Waals surface area contributed by atoms with E-state index in [1.165, 1.54) is 0 Å². The molecular formula is C10H14BrNO2. The quantitative estimate of drug-likeness (QED) is 0.846. The summed E-state index contributed by atoms with van der Waals surface area (Å²) in [6.07, 6.45) is 0. The Labute approximate surface area is 92.3 Å². The number of hydrogen-bond donors (Lipinski definition) is 1. The van der Waals surface area contributed by atoms with Gasteiger partial charge in [0.2, 0.25) is 0 Å². The molecule has 0 bridgehead atoms. The number of rotatable bonds is 4. The number of nitrogens with two attached hydrogens (primary N) is 1. The zero-order chi connectivity index (χ0) is 10.6. The molecule has 0 spiro atoms. The number of hydrogen-bond acceptors (Lipinski definition) is 3.